The number of benzene rings is 1. The van der Waals surface area contributed by atoms with Crippen LogP contribution in [0, 0.1) is 0 Å². The summed E-state index contributed by atoms with van der Waals surface area (Å²) in [4.78, 5) is 13.2. The van der Waals surface area contributed by atoms with Gasteiger partial charge in [0, 0.05) is 24.8 Å². The van der Waals surface area contributed by atoms with E-state index in [1.165, 1.54) is 0 Å². The van der Waals surface area contributed by atoms with Crippen LogP contribution in [0.2, 0.25) is 0 Å². The Hall–Kier alpha value is -1.75. The molecule has 18 heavy (non-hydrogen) atoms. The zero-order chi connectivity index (χ0) is 13.2. The van der Waals surface area contributed by atoms with Crippen molar-refractivity contribution in [3.05, 3.63) is 24.3 Å². The van der Waals surface area contributed by atoms with E-state index in [-0.39, 0.29) is 0 Å². The van der Waals surface area contributed by atoms with E-state index < -0.39 is 11.5 Å². The van der Waals surface area contributed by atoms with Crippen LogP contribution in [0.25, 0.3) is 0 Å². The quantitative estimate of drug-likeness (QED) is 0.839. The molecule has 1 fully saturated rings. The van der Waals surface area contributed by atoms with Gasteiger partial charge >= 0.3 is 5.97 Å². The third-order valence-electron chi connectivity index (χ3n) is 3.37. The Morgan fingerprint density at radius 1 is 1.56 bits per heavy atom. The van der Waals surface area contributed by atoms with Crippen molar-refractivity contribution in [1.82, 2.24) is 0 Å². The third kappa shape index (κ3) is 2.41. The van der Waals surface area contributed by atoms with Gasteiger partial charge in [-0.1, -0.05) is 6.07 Å². The molecule has 1 aromatic carbocycles. The summed E-state index contributed by atoms with van der Waals surface area (Å²) in [5, 5.41) is 9.19. The van der Waals surface area contributed by atoms with Gasteiger partial charge in [0.1, 0.15) is 11.3 Å². The number of rotatable bonds is 3. The van der Waals surface area contributed by atoms with Crippen molar-refractivity contribution < 1.29 is 14.6 Å². The molecule has 0 spiro atoms. The Morgan fingerprint density at radius 3 is 3.00 bits per heavy atom. The van der Waals surface area contributed by atoms with E-state index in [0.717, 1.165) is 24.4 Å². The zero-order valence-electron chi connectivity index (χ0n) is 10.4. The van der Waals surface area contributed by atoms with Crippen LogP contribution < -0.4 is 15.4 Å². The van der Waals surface area contributed by atoms with Crippen molar-refractivity contribution in [2.75, 3.05) is 25.1 Å². The third-order valence-corrected chi connectivity index (χ3v) is 3.37. The Labute approximate surface area is 106 Å². The summed E-state index contributed by atoms with van der Waals surface area (Å²) < 4.78 is 5.17. The van der Waals surface area contributed by atoms with Crippen LogP contribution in [-0.2, 0) is 4.79 Å². The normalized spacial score (nSPS) is 23.8. The van der Waals surface area contributed by atoms with Crippen LogP contribution in [0.4, 0.5) is 5.69 Å². The summed E-state index contributed by atoms with van der Waals surface area (Å²) in [5.41, 5.74) is 5.73. The molecule has 5 nitrogen and oxygen atoms in total. The fourth-order valence-electron chi connectivity index (χ4n) is 2.29. The van der Waals surface area contributed by atoms with E-state index >= 15 is 0 Å². The van der Waals surface area contributed by atoms with Gasteiger partial charge in [0.25, 0.3) is 0 Å². The molecular weight excluding hydrogens is 232 g/mol. The number of carboxylic acids is 1. The number of piperidine rings is 1. The SMILES string of the molecule is COc1cccc(N2CCCC(N)(C(=O)O)C2)c1. The molecule has 0 aromatic heterocycles. The van der Waals surface area contributed by atoms with Crippen molar-refractivity contribution in [3.8, 4) is 5.75 Å². The first kappa shape index (κ1) is 12.7. The molecular formula is C13H18N2O3. The summed E-state index contributed by atoms with van der Waals surface area (Å²) in [6.07, 6.45) is 1.29. The Morgan fingerprint density at radius 2 is 2.33 bits per heavy atom. The smallest absolute Gasteiger partial charge is 0.325 e. The molecule has 5 heteroatoms. The molecule has 0 bridgehead atoms. The molecule has 1 saturated heterocycles. The molecule has 1 aliphatic rings. The highest BCUT2D eigenvalue weighted by molar-refractivity contribution is 5.80. The van der Waals surface area contributed by atoms with Crippen LogP contribution in [0.15, 0.2) is 24.3 Å². The monoisotopic (exact) mass is 250 g/mol. The van der Waals surface area contributed by atoms with Crippen LogP contribution >= 0.6 is 0 Å². The molecule has 1 aliphatic heterocycles. The molecule has 0 radical (unpaired) electrons. The van der Waals surface area contributed by atoms with Gasteiger partial charge in [-0.25, -0.2) is 0 Å². The minimum absolute atomic E-state index is 0.329. The number of nitrogens with zero attached hydrogens (tertiary/aromatic N) is 1. The van der Waals surface area contributed by atoms with Crippen molar-refractivity contribution in [3.63, 3.8) is 0 Å². The minimum Gasteiger partial charge on any atom is -0.497 e. The minimum atomic E-state index is -1.15. The lowest BCUT2D eigenvalue weighted by molar-refractivity contribution is -0.143. The first-order valence-electron chi connectivity index (χ1n) is 5.96. The summed E-state index contributed by atoms with van der Waals surface area (Å²) in [6.45, 7) is 1.15. The fraction of sp³-hybridized carbons (Fsp3) is 0.462. The van der Waals surface area contributed by atoms with E-state index in [4.69, 9.17) is 10.5 Å². The summed E-state index contributed by atoms with van der Waals surface area (Å²) in [7, 11) is 1.61. The number of carboxylic acid groups (broad SMARTS) is 1. The standard InChI is InChI=1S/C13H18N2O3/c1-18-11-5-2-4-10(8-11)15-7-3-6-13(14,9-15)12(16)17/h2,4-5,8H,3,6-7,9,14H2,1H3,(H,16,17). The average Bonchev–Trinajstić information content (AvgIpc) is 2.39. The van der Waals surface area contributed by atoms with Gasteiger partial charge in [0.15, 0.2) is 0 Å². The average molecular weight is 250 g/mol. The van der Waals surface area contributed by atoms with Gasteiger partial charge in [-0.2, -0.15) is 0 Å². The molecule has 2 rings (SSSR count). The predicted octanol–water partition coefficient (Wildman–Crippen LogP) is 1.08. The molecule has 0 saturated carbocycles. The number of nitrogens with two attached hydrogens (primary N) is 1. The number of hydrogen-bond acceptors (Lipinski definition) is 4. The molecule has 0 amide bonds. The zero-order valence-corrected chi connectivity index (χ0v) is 10.4. The largest absolute Gasteiger partial charge is 0.497 e. The topological polar surface area (TPSA) is 75.8 Å². The maximum Gasteiger partial charge on any atom is 0.325 e. The summed E-state index contributed by atoms with van der Waals surface area (Å²) >= 11 is 0. The number of methoxy groups -OCH3 is 1. The lowest BCUT2D eigenvalue weighted by atomic mass is 9.90. The maximum absolute atomic E-state index is 11.2. The van der Waals surface area contributed by atoms with Gasteiger partial charge in [-0.3, -0.25) is 4.79 Å². The maximum atomic E-state index is 11.2. The van der Waals surface area contributed by atoms with Crippen molar-refractivity contribution >= 4 is 11.7 Å². The summed E-state index contributed by atoms with van der Waals surface area (Å²) in [5.74, 6) is -0.175. The number of ether oxygens (including phenoxy) is 1. The highest BCUT2D eigenvalue weighted by Crippen LogP contribution is 2.27. The van der Waals surface area contributed by atoms with Crippen LogP contribution in [0.3, 0.4) is 0 Å². The Kier molecular flexibility index (Phi) is 3.43. The first-order chi connectivity index (χ1) is 8.55. The number of aliphatic carboxylic acids is 1. The molecule has 0 aliphatic carbocycles. The Bertz CT molecular complexity index is 450. The second-order valence-corrected chi connectivity index (χ2v) is 4.69. The van der Waals surface area contributed by atoms with E-state index in [2.05, 4.69) is 0 Å². The fourth-order valence-corrected chi connectivity index (χ4v) is 2.29. The van der Waals surface area contributed by atoms with Gasteiger partial charge in [0.05, 0.1) is 7.11 Å². The van der Waals surface area contributed by atoms with Crippen LogP contribution in [0.1, 0.15) is 12.8 Å². The van der Waals surface area contributed by atoms with Crippen molar-refractivity contribution in [1.29, 1.82) is 0 Å². The lowest BCUT2D eigenvalue weighted by Gasteiger charge is -2.38. The molecule has 98 valence electrons. The lowest BCUT2D eigenvalue weighted by Crippen LogP contribution is -2.59. The van der Waals surface area contributed by atoms with Crippen LogP contribution in [0.5, 0.6) is 5.75 Å². The molecule has 1 unspecified atom stereocenters. The van der Waals surface area contributed by atoms with Gasteiger partial charge in [-0.15, -0.1) is 0 Å². The predicted molar refractivity (Wildman–Crippen MR) is 69.0 cm³/mol. The van der Waals surface area contributed by atoms with E-state index in [1.54, 1.807) is 7.11 Å². The number of hydrogen-bond donors (Lipinski definition) is 2. The van der Waals surface area contributed by atoms with Crippen LogP contribution in [-0.4, -0.2) is 36.8 Å². The van der Waals surface area contributed by atoms with Gasteiger partial charge in [-0.05, 0) is 25.0 Å². The van der Waals surface area contributed by atoms with Crippen molar-refractivity contribution in [2.45, 2.75) is 18.4 Å². The Balaban J connectivity index is 2.20. The number of carbonyl (C=O) groups is 1. The highest BCUT2D eigenvalue weighted by Gasteiger charge is 2.38. The first-order valence-corrected chi connectivity index (χ1v) is 5.96. The molecule has 1 heterocycles. The highest BCUT2D eigenvalue weighted by atomic mass is 16.5. The number of anilines is 1. The van der Waals surface area contributed by atoms with E-state index in [0.29, 0.717) is 13.0 Å². The van der Waals surface area contributed by atoms with Crippen molar-refractivity contribution in [2.24, 2.45) is 5.73 Å². The van der Waals surface area contributed by atoms with Gasteiger partial charge < -0.3 is 20.5 Å². The van der Waals surface area contributed by atoms with E-state index in [1.807, 2.05) is 29.2 Å². The van der Waals surface area contributed by atoms with Gasteiger partial charge in [0.2, 0.25) is 0 Å². The second kappa shape index (κ2) is 4.86. The molecule has 1 aromatic rings. The molecule has 3 N–H and O–H groups in total. The molecule has 1 atom stereocenters. The second-order valence-electron chi connectivity index (χ2n) is 4.69. The summed E-state index contributed by atoms with van der Waals surface area (Å²) in [6, 6.07) is 7.59. The van der Waals surface area contributed by atoms with E-state index in [9.17, 15) is 9.90 Å².